The van der Waals surface area contributed by atoms with Gasteiger partial charge >= 0.3 is 5.63 Å². The molecule has 26 heavy (non-hydrogen) atoms. The SMILES string of the molecule is Cc1cc(=O)oc2cc(OCc3nnc(Nc4ccccc4)s3)ccc12. The second kappa shape index (κ2) is 6.97. The molecule has 0 aliphatic rings. The third kappa shape index (κ3) is 3.57. The van der Waals surface area contributed by atoms with Crippen LogP contribution < -0.4 is 15.7 Å². The Morgan fingerprint density at radius 3 is 2.81 bits per heavy atom. The lowest BCUT2D eigenvalue weighted by atomic mass is 10.1. The molecule has 0 atom stereocenters. The van der Waals surface area contributed by atoms with Gasteiger partial charge in [-0.2, -0.15) is 0 Å². The molecule has 2 aromatic carbocycles. The van der Waals surface area contributed by atoms with Crippen molar-refractivity contribution in [2.75, 3.05) is 5.32 Å². The Morgan fingerprint density at radius 2 is 1.96 bits per heavy atom. The molecule has 0 radical (unpaired) electrons. The van der Waals surface area contributed by atoms with Crippen LogP contribution in [0.25, 0.3) is 11.0 Å². The summed E-state index contributed by atoms with van der Waals surface area (Å²) in [4.78, 5) is 11.5. The number of aromatic nitrogens is 2. The molecule has 0 fully saturated rings. The van der Waals surface area contributed by atoms with Crippen LogP contribution >= 0.6 is 11.3 Å². The quantitative estimate of drug-likeness (QED) is 0.532. The fourth-order valence-corrected chi connectivity index (χ4v) is 3.22. The molecule has 0 spiro atoms. The van der Waals surface area contributed by atoms with E-state index in [9.17, 15) is 4.79 Å². The molecule has 6 nitrogen and oxygen atoms in total. The Bertz CT molecular complexity index is 1110. The number of fused-ring (bicyclic) bond motifs is 1. The molecule has 1 N–H and O–H groups in total. The molecule has 4 aromatic rings. The molecule has 7 heteroatoms. The lowest BCUT2D eigenvalue weighted by Gasteiger charge is -2.05. The van der Waals surface area contributed by atoms with Crippen molar-refractivity contribution in [3.8, 4) is 5.75 Å². The molecule has 0 bridgehead atoms. The first-order chi connectivity index (χ1) is 12.7. The Hall–Kier alpha value is -3.19. The van der Waals surface area contributed by atoms with Crippen molar-refractivity contribution in [1.29, 1.82) is 0 Å². The number of hydrogen-bond donors (Lipinski definition) is 1. The Morgan fingerprint density at radius 1 is 1.12 bits per heavy atom. The van der Waals surface area contributed by atoms with Gasteiger partial charge in [-0.05, 0) is 36.8 Å². The summed E-state index contributed by atoms with van der Waals surface area (Å²) in [5, 5.41) is 13.8. The summed E-state index contributed by atoms with van der Waals surface area (Å²) in [6.45, 7) is 2.16. The van der Waals surface area contributed by atoms with Gasteiger partial charge in [-0.3, -0.25) is 0 Å². The number of para-hydroxylation sites is 1. The largest absolute Gasteiger partial charge is 0.486 e. The Labute approximate surface area is 153 Å². The molecule has 4 rings (SSSR count). The van der Waals surface area contributed by atoms with Crippen molar-refractivity contribution in [1.82, 2.24) is 10.2 Å². The summed E-state index contributed by atoms with van der Waals surface area (Å²) in [5.41, 5.74) is 1.98. The minimum absolute atomic E-state index is 0.287. The van der Waals surface area contributed by atoms with Crippen LogP contribution in [0.2, 0.25) is 0 Å². The molecule has 0 unspecified atom stereocenters. The average Bonchev–Trinajstić information content (AvgIpc) is 3.08. The van der Waals surface area contributed by atoms with Crippen LogP contribution in [-0.4, -0.2) is 10.2 Å². The molecule has 130 valence electrons. The minimum atomic E-state index is -0.368. The van der Waals surface area contributed by atoms with E-state index in [-0.39, 0.29) is 12.2 Å². The van der Waals surface area contributed by atoms with Crippen LogP contribution in [0.1, 0.15) is 10.6 Å². The monoisotopic (exact) mass is 365 g/mol. The van der Waals surface area contributed by atoms with Crippen LogP contribution in [0, 0.1) is 6.92 Å². The highest BCUT2D eigenvalue weighted by molar-refractivity contribution is 7.15. The van der Waals surface area contributed by atoms with E-state index in [1.165, 1.54) is 17.4 Å². The number of nitrogens with zero attached hydrogens (tertiary/aromatic N) is 2. The zero-order valence-corrected chi connectivity index (χ0v) is 14.7. The predicted molar refractivity (Wildman–Crippen MR) is 101 cm³/mol. The van der Waals surface area contributed by atoms with Crippen molar-refractivity contribution in [2.45, 2.75) is 13.5 Å². The number of benzene rings is 2. The van der Waals surface area contributed by atoms with E-state index in [0.29, 0.717) is 16.5 Å². The van der Waals surface area contributed by atoms with Crippen molar-refractivity contribution in [3.63, 3.8) is 0 Å². The van der Waals surface area contributed by atoms with E-state index in [1.807, 2.05) is 49.4 Å². The van der Waals surface area contributed by atoms with E-state index < -0.39 is 0 Å². The third-order valence-electron chi connectivity index (χ3n) is 3.78. The third-order valence-corrected chi connectivity index (χ3v) is 4.59. The van der Waals surface area contributed by atoms with Gasteiger partial charge < -0.3 is 14.5 Å². The molecule has 2 heterocycles. The van der Waals surface area contributed by atoms with Gasteiger partial charge in [0.25, 0.3) is 0 Å². The second-order valence-corrected chi connectivity index (χ2v) is 6.75. The maximum Gasteiger partial charge on any atom is 0.336 e. The van der Waals surface area contributed by atoms with Gasteiger partial charge in [-0.1, -0.05) is 29.5 Å². The van der Waals surface area contributed by atoms with Gasteiger partial charge in [0.05, 0.1) is 0 Å². The van der Waals surface area contributed by atoms with Crippen LogP contribution in [0.5, 0.6) is 5.75 Å². The summed E-state index contributed by atoms with van der Waals surface area (Å²) in [5.74, 6) is 0.610. The van der Waals surface area contributed by atoms with Gasteiger partial charge in [-0.25, -0.2) is 4.79 Å². The van der Waals surface area contributed by atoms with Crippen molar-refractivity contribution >= 4 is 33.1 Å². The zero-order valence-electron chi connectivity index (χ0n) is 13.9. The van der Waals surface area contributed by atoms with Crippen LogP contribution in [0.4, 0.5) is 10.8 Å². The normalized spacial score (nSPS) is 10.8. The molecule has 0 saturated heterocycles. The highest BCUT2D eigenvalue weighted by atomic mass is 32.1. The maximum atomic E-state index is 11.5. The number of anilines is 2. The van der Waals surface area contributed by atoms with E-state index >= 15 is 0 Å². The molecule has 0 aliphatic carbocycles. The molecule has 0 aliphatic heterocycles. The number of ether oxygens (including phenoxy) is 1. The standard InChI is InChI=1S/C19H15N3O3S/c1-12-9-18(23)25-16-10-14(7-8-15(12)16)24-11-17-21-22-19(26-17)20-13-5-3-2-4-6-13/h2-10H,11H2,1H3,(H,20,22). The molecule has 0 amide bonds. The first-order valence-corrected chi connectivity index (χ1v) is 8.81. The first kappa shape index (κ1) is 16.3. The van der Waals surface area contributed by atoms with Crippen LogP contribution in [0.15, 0.2) is 63.8 Å². The van der Waals surface area contributed by atoms with Gasteiger partial charge in [0.1, 0.15) is 17.9 Å². The summed E-state index contributed by atoms with van der Waals surface area (Å²) in [7, 11) is 0. The number of hydrogen-bond acceptors (Lipinski definition) is 7. The number of rotatable bonds is 5. The predicted octanol–water partition coefficient (Wildman–Crippen LogP) is 4.28. The van der Waals surface area contributed by atoms with Crippen LogP contribution in [0.3, 0.4) is 0 Å². The Kier molecular flexibility index (Phi) is 4.37. The smallest absolute Gasteiger partial charge is 0.336 e. The fourth-order valence-electron chi connectivity index (χ4n) is 2.55. The Balaban J connectivity index is 1.46. The minimum Gasteiger partial charge on any atom is -0.486 e. The number of nitrogens with one attached hydrogen (secondary N) is 1. The lowest BCUT2D eigenvalue weighted by Crippen LogP contribution is -1.99. The van der Waals surface area contributed by atoms with Gasteiger partial charge in [0.15, 0.2) is 5.01 Å². The van der Waals surface area contributed by atoms with Crippen molar-refractivity contribution in [3.05, 3.63) is 75.6 Å². The molecule has 2 aromatic heterocycles. The summed E-state index contributed by atoms with van der Waals surface area (Å²) >= 11 is 1.42. The average molecular weight is 365 g/mol. The first-order valence-electron chi connectivity index (χ1n) is 7.99. The number of aryl methyl sites for hydroxylation is 1. The maximum absolute atomic E-state index is 11.5. The summed E-state index contributed by atoms with van der Waals surface area (Å²) < 4.78 is 11.0. The van der Waals surface area contributed by atoms with Crippen molar-refractivity contribution < 1.29 is 9.15 Å². The molecular weight excluding hydrogens is 350 g/mol. The lowest BCUT2D eigenvalue weighted by molar-refractivity contribution is 0.304. The molecule has 0 saturated carbocycles. The van der Waals surface area contributed by atoms with Crippen molar-refractivity contribution in [2.24, 2.45) is 0 Å². The van der Waals surface area contributed by atoms with Gasteiger partial charge in [0, 0.05) is 23.2 Å². The van der Waals surface area contributed by atoms with E-state index in [4.69, 9.17) is 9.15 Å². The van der Waals surface area contributed by atoms with E-state index in [1.54, 1.807) is 6.07 Å². The van der Waals surface area contributed by atoms with E-state index in [0.717, 1.165) is 21.6 Å². The highest BCUT2D eigenvalue weighted by Crippen LogP contribution is 2.25. The second-order valence-electron chi connectivity index (χ2n) is 5.69. The zero-order chi connectivity index (χ0) is 17.9. The van der Waals surface area contributed by atoms with Crippen LogP contribution in [-0.2, 0) is 6.61 Å². The summed E-state index contributed by atoms with van der Waals surface area (Å²) in [6, 6.07) is 16.7. The summed E-state index contributed by atoms with van der Waals surface area (Å²) in [6.07, 6.45) is 0. The molecular formula is C19H15N3O3S. The fraction of sp³-hybridized carbons (Fsp3) is 0.105. The van der Waals surface area contributed by atoms with E-state index in [2.05, 4.69) is 15.5 Å². The van der Waals surface area contributed by atoms with Gasteiger partial charge in [-0.15, -0.1) is 10.2 Å². The highest BCUT2D eigenvalue weighted by Gasteiger charge is 2.07. The topological polar surface area (TPSA) is 77.2 Å². The van der Waals surface area contributed by atoms with Gasteiger partial charge in [0.2, 0.25) is 5.13 Å².